The van der Waals surface area contributed by atoms with Gasteiger partial charge in [-0.25, -0.2) is 0 Å². The molecule has 0 aliphatic heterocycles. The summed E-state index contributed by atoms with van der Waals surface area (Å²) < 4.78 is 37.2. The molecular weight excluding hydrogens is 817 g/mol. The Bertz CT molecular complexity index is 824. The van der Waals surface area contributed by atoms with Crippen LogP contribution in [-0.2, 0) is 31.1 Å². The SMILES string of the molecule is CCCCCCC(C)P(=O)([O-])C(C)CCCCCC.CCCCCCC(C)P(=O)([O-])C(C)CCCCCC.CCCCCCC(C)P(=O)([O-])C(C)CCCCCC.[Cr+3]. The van der Waals surface area contributed by atoms with E-state index >= 15 is 0 Å². The van der Waals surface area contributed by atoms with E-state index in [4.69, 9.17) is 0 Å². The van der Waals surface area contributed by atoms with Gasteiger partial charge in [0, 0.05) is 22.1 Å². The molecule has 351 valence electrons. The minimum atomic E-state index is -3.22. The van der Waals surface area contributed by atoms with Crippen molar-refractivity contribution in [2.45, 2.75) is 310 Å². The standard InChI is InChI=1S/3C16H35O2P.Cr/c3*1-5-7-9-11-13-15(3)19(17,18)16(4)14-12-10-8-6-2;/h3*15-16H,5-14H2,1-4H3,(H,17,18);/q;;;+3/p-3. The van der Waals surface area contributed by atoms with Gasteiger partial charge in [-0.05, 0) is 72.5 Å². The van der Waals surface area contributed by atoms with E-state index < -0.39 is 22.1 Å². The third-order valence-corrected chi connectivity index (χ3v) is 21.5. The third kappa shape index (κ3) is 33.6. The van der Waals surface area contributed by atoms with Crippen LogP contribution in [0.3, 0.4) is 0 Å². The van der Waals surface area contributed by atoms with Gasteiger partial charge >= 0.3 is 17.4 Å². The molecule has 0 fully saturated rings. The Morgan fingerprint density at radius 2 is 0.397 bits per heavy atom. The summed E-state index contributed by atoms with van der Waals surface area (Å²) >= 11 is 0. The van der Waals surface area contributed by atoms with Crippen molar-refractivity contribution in [3.05, 3.63) is 0 Å². The van der Waals surface area contributed by atoms with Gasteiger partial charge in [0.1, 0.15) is 0 Å². The van der Waals surface area contributed by atoms with Gasteiger partial charge in [-0.1, -0.05) is 237 Å². The molecule has 0 saturated carbocycles. The molecular formula is C48H102CrO6P3. The fraction of sp³-hybridized carbons (Fsp3) is 1.00. The van der Waals surface area contributed by atoms with Crippen molar-refractivity contribution >= 4 is 22.1 Å². The summed E-state index contributed by atoms with van der Waals surface area (Å²) in [6, 6.07) is 0. The monoisotopic (exact) mass is 920 g/mol. The molecule has 1 radical (unpaired) electrons. The van der Waals surface area contributed by atoms with Crippen molar-refractivity contribution in [2.75, 3.05) is 0 Å². The molecule has 6 atom stereocenters. The molecule has 0 aromatic heterocycles. The van der Waals surface area contributed by atoms with E-state index in [2.05, 4.69) is 41.5 Å². The van der Waals surface area contributed by atoms with E-state index in [0.29, 0.717) is 0 Å². The number of rotatable bonds is 36. The molecule has 0 saturated heterocycles. The van der Waals surface area contributed by atoms with Crippen molar-refractivity contribution in [1.29, 1.82) is 0 Å². The summed E-state index contributed by atoms with van der Waals surface area (Å²) in [5.41, 5.74) is -0.803. The first-order valence-corrected chi connectivity index (χ1v) is 30.1. The van der Waals surface area contributed by atoms with Crippen molar-refractivity contribution in [1.82, 2.24) is 0 Å². The zero-order valence-corrected chi connectivity index (χ0v) is 44.8. The first-order valence-electron chi connectivity index (χ1n) is 24.8. The zero-order chi connectivity index (χ0) is 44.2. The minimum absolute atomic E-state index is 0. The Kier molecular flexibility index (Phi) is 47.7. The van der Waals surface area contributed by atoms with E-state index in [1.165, 1.54) is 116 Å². The normalized spacial score (nSPS) is 17.6. The smallest absolute Gasteiger partial charge is 0.799 e. The van der Waals surface area contributed by atoms with Crippen LogP contribution in [0.2, 0.25) is 0 Å². The summed E-state index contributed by atoms with van der Waals surface area (Å²) in [6.07, 6.45) is 33.1. The van der Waals surface area contributed by atoms with Crippen LogP contribution in [0.1, 0.15) is 276 Å². The summed E-state index contributed by atoms with van der Waals surface area (Å²) in [5, 5.41) is 0. The molecule has 0 rings (SSSR count). The second-order valence-corrected chi connectivity index (χ2v) is 27.3. The molecule has 0 heterocycles. The minimum Gasteiger partial charge on any atom is -0.799 e. The van der Waals surface area contributed by atoms with Gasteiger partial charge in [-0.15, -0.1) is 0 Å². The van der Waals surface area contributed by atoms with Crippen LogP contribution in [0.15, 0.2) is 0 Å². The first kappa shape index (κ1) is 65.7. The molecule has 0 aromatic carbocycles. The summed E-state index contributed by atoms with van der Waals surface area (Å²) in [6.45, 7) is 24.5. The van der Waals surface area contributed by atoms with Crippen molar-refractivity contribution in [3.63, 3.8) is 0 Å². The Balaban J connectivity index is -0.000000374. The van der Waals surface area contributed by atoms with Crippen LogP contribution in [0.5, 0.6) is 0 Å². The first-order chi connectivity index (χ1) is 26.9. The summed E-state index contributed by atoms with van der Waals surface area (Å²) in [5.74, 6) is 0. The summed E-state index contributed by atoms with van der Waals surface area (Å²) in [4.78, 5) is 37.2. The van der Waals surface area contributed by atoms with E-state index in [9.17, 15) is 28.4 Å². The van der Waals surface area contributed by atoms with E-state index in [1.54, 1.807) is 0 Å². The van der Waals surface area contributed by atoms with Gasteiger partial charge < -0.3 is 28.4 Å². The van der Waals surface area contributed by atoms with Gasteiger partial charge in [0.25, 0.3) is 0 Å². The number of hydrogen-bond acceptors (Lipinski definition) is 6. The largest absolute Gasteiger partial charge is 3.00 e. The molecule has 0 aromatic rings. The predicted molar refractivity (Wildman–Crippen MR) is 252 cm³/mol. The average Bonchev–Trinajstić information content (AvgIpc) is 3.18. The van der Waals surface area contributed by atoms with Gasteiger partial charge in [-0.2, -0.15) is 0 Å². The molecule has 0 N–H and O–H groups in total. The quantitative estimate of drug-likeness (QED) is 0.0456. The van der Waals surface area contributed by atoms with Crippen LogP contribution >= 0.6 is 22.1 Å². The fourth-order valence-corrected chi connectivity index (χ4v) is 13.4. The average molecular weight is 920 g/mol. The number of hydrogen-bond donors (Lipinski definition) is 0. The van der Waals surface area contributed by atoms with Crippen LogP contribution in [-0.4, -0.2) is 34.0 Å². The Morgan fingerprint density at radius 3 is 0.500 bits per heavy atom. The molecule has 0 amide bonds. The topological polar surface area (TPSA) is 120 Å². The van der Waals surface area contributed by atoms with Crippen molar-refractivity contribution < 1.29 is 45.7 Å². The molecule has 6 unspecified atom stereocenters. The van der Waals surface area contributed by atoms with Crippen LogP contribution in [0.25, 0.3) is 0 Å². The van der Waals surface area contributed by atoms with E-state index in [-0.39, 0.29) is 51.3 Å². The second kappa shape index (κ2) is 42.1. The molecule has 10 heteroatoms. The molecule has 0 aliphatic rings. The maximum atomic E-state index is 12.4. The third-order valence-electron chi connectivity index (χ3n) is 12.5. The maximum absolute atomic E-state index is 12.4. The maximum Gasteiger partial charge on any atom is 3.00 e. The zero-order valence-electron chi connectivity index (χ0n) is 40.9. The van der Waals surface area contributed by atoms with Gasteiger partial charge in [0.05, 0.1) is 0 Å². The molecule has 0 spiro atoms. The molecule has 6 nitrogen and oxygen atoms in total. The van der Waals surface area contributed by atoms with E-state index in [1.807, 2.05) is 41.5 Å². The molecule has 0 aliphatic carbocycles. The molecule has 0 bridgehead atoms. The van der Waals surface area contributed by atoms with Crippen LogP contribution in [0, 0.1) is 0 Å². The van der Waals surface area contributed by atoms with Crippen LogP contribution < -0.4 is 14.7 Å². The van der Waals surface area contributed by atoms with E-state index in [0.717, 1.165) is 77.0 Å². The predicted octanol–water partition coefficient (Wildman–Crippen LogP) is 16.0. The Hall–Kier alpha value is 1.10. The Labute approximate surface area is 375 Å². The van der Waals surface area contributed by atoms with Gasteiger partial charge in [-0.3, -0.25) is 0 Å². The van der Waals surface area contributed by atoms with Crippen LogP contribution in [0.4, 0.5) is 0 Å². The fourth-order valence-electron chi connectivity index (χ4n) is 7.58. The second-order valence-electron chi connectivity index (χ2n) is 18.1. The molecule has 58 heavy (non-hydrogen) atoms. The Morgan fingerprint density at radius 1 is 0.276 bits per heavy atom. The van der Waals surface area contributed by atoms with Gasteiger partial charge in [0.15, 0.2) is 0 Å². The van der Waals surface area contributed by atoms with Crippen molar-refractivity contribution in [3.8, 4) is 0 Å². The van der Waals surface area contributed by atoms with Crippen molar-refractivity contribution in [2.24, 2.45) is 0 Å². The van der Waals surface area contributed by atoms with Gasteiger partial charge in [0.2, 0.25) is 0 Å². The summed E-state index contributed by atoms with van der Waals surface area (Å²) in [7, 11) is -9.67. The number of unbranched alkanes of at least 4 members (excludes halogenated alkanes) is 18.